The van der Waals surface area contributed by atoms with Gasteiger partial charge in [0.1, 0.15) is 0 Å². The van der Waals surface area contributed by atoms with Crippen LogP contribution in [0.3, 0.4) is 0 Å². The van der Waals surface area contributed by atoms with E-state index >= 15 is 0 Å². The summed E-state index contributed by atoms with van der Waals surface area (Å²) in [5, 5.41) is 0. The second-order valence-corrected chi connectivity index (χ2v) is 5.36. The van der Waals surface area contributed by atoms with Gasteiger partial charge in [0, 0.05) is 0 Å². The first-order valence-electron chi connectivity index (χ1n) is 7.22. The Morgan fingerprint density at radius 1 is 1.00 bits per heavy atom. The van der Waals surface area contributed by atoms with Gasteiger partial charge >= 0.3 is 0 Å². The molecule has 18 heavy (non-hydrogen) atoms. The fourth-order valence-electron chi connectivity index (χ4n) is 2.01. The molecule has 104 valence electrons. The topological polar surface area (TPSA) is 18.5 Å². The minimum Gasteiger partial charge on any atom is -0.349 e. The molecular formula is C16H28O2. The molecule has 0 aromatic heterocycles. The van der Waals surface area contributed by atoms with Crippen molar-refractivity contribution in [3.05, 3.63) is 23.3 Å². The van der Waals surface area contributed by atoms with E-state index in [0.29, 0.717) is 0 Å². The van der Waals surface area contributed by atoms with Gasteiger partial charge in [-0.25, -0.2) is 0 Å². The fraction of sp³-hybridized carbons (Fsp3) is 0.750. The number of hydrogen-bond acceptors (Lipinski definition) is 2. The average Bonchev–Trinajstić information content (AvgIpc) is 2.42. The largest absolute Gasteiger partial charge is 0.349 e. The summed E-state index contributed by atoms with van der Waals surface area (Å²) in [7, 11) is 0. The van der Waals surface area contributed by atoms with Gasteiger partial charge in [0.25, 0.3) is 0 Å². The van der Waals surface area contributed by atoms with Crippen LogP contribution in [0.1, 0.15) is 59.3 Å². The molecule has 0 amide bonds. The van der Waals surface area contributed by atoms with E-state index in [-0.39, 0.29) is 6.29 Å². The maximum absolute atomic E-state index is 5.75. The average molecular weight is 252 g/mol. The highest BCUT2D eigenvalue weighted by Gasteiger charge is 2.08. The Morgan fingerprint density at radius 2 is 1.61 bits per heavy atom. The van der Waals surface area contributed by atoms with Gasteiger partial charge in [-0.3, -0.25) is 0 Å². The Morgan fingerprint density at radius 3 is 2.17 bits per heavy atom. The van der Waals surface area contributed by atoms with Crippen LogP contribution in [0.2, 0.25) is 0 Å². The molecule has 0 aliphatic carbocycles. The SMILES string of the molecule is CC(C)=CCCC(C)=CC1OCCCCCCO1. The van der Waals surface area contributed by atoms with Gasteiger partial charge in [-0.15, -0.1) is 0 Å². The van der Waals surface area contributed by atoms with Crippen LogP contribution in [0.25, 0.3) is 0 Å². The van der Waals surface area contributed by atoms with Gasteiger partial charge in [-0.2, -0.15) is 0 Å². The molecule has 0 atom stereocenters. The van der Waals surface area contributed by atoms with E-state index in [1.165, 1.54) is 24.0 Å². The third-order valence-electron chi connectivity index (χ3n) is 3.11. The molecule has 1 saturated heterocycles. The van der Waals surface area contributed by atoms with Crippen LogP contribution in [-0.2, 0) is 9.47 Å². The number of hydrogen-bond donors (Lipinski definition) is 0. The van der Waals surface area contributed by atoms with Gasteiger partial charge < -0.3 is 9.47 Å². The molecule has 0 unspecified atom stereocenters. The van der Waals surface area contributed by atoms with Crippen molar-refractivity contribution in [1.29, 1.82) is 0 Å². The molecule has 2 heteroatoms. The third kappa shape index (κ3) is 7.67. The lowest BCUT2D eigenvalue weighted by Crippen LogP contribution is -2.15. The Bertz CT molecular complexity index is 265. The first-order valence-corrected chi connectivity index (χ1v) is 7.22. The molecule has 1 fully saturated rings. The van der Waals surface area contributed by atoms with Crippen molar-refractivity contribution in [2.24, 2.45) is 0 Å². The molecule has 0 N–H and O–H groups in total. The normalized spacial score (nSPS) is 19.8. The first kappa shape index (κ1) is 15.5. The predicted octanol–water partition coefficient (Wildman–Crippen LogP) is 4.61. The maximum atomic E-state index is 5.75. The predicted molar refractivity (Wildman–Crippen MR) is 76.6 cm³/mol. The summed E-state index contributed by atoms with van der Waals surface area (Å²) in [5.41, 5.74) is 2.74. The van der Waals surface area contributed by atoms with Crippen LogP contribution in [0.5, 0.6) is 0 Å². The Labute approximate surface area is 112 Å². The van der Waals surface area contributed by atoms with Gasteiger partial charge in [0.05, 0.1) is 13.2 Å². The van der Waals surface area contributed by atoms with Gasteiger partial charge in [0.15, 0.2) is 6.29 Å². The summed E-state index contributed by atoms with van der Waals surface area (Å²) < 4.78 is 11.5. The highest BCUT2D eigenvalue weighted by molar-refractivity contribution is 5.03. The van der Waals surface area contributed by atoms with Crippen LogP contribution >= 0.6 is 0 Å². The summed E-state index contributed by atoms with van der Waals surface area (Å²) in [6.07, 6.45) is 11.3. The number of rotatable bonds is 4. The molecule has 0 spiro atoms. The van der Waals surface area contributed by atoms with Crippen LogP contribution in [0.4, 0.5) is 0 Å². The van der Waals surface area contributed by atoms with Crippen molar-refractivity contribution >= 4 is 0 Å². The zero-order valence-electron chi connectivity index (χ0n) is 12.2. The second-order valence-electron chi connectivity index (χ2n) is 5.36. The van der Waals surface area contributed by atoms with Crippen LogP contribution < -0.4 is 0 Å². The van der Waals surface area contributed by atoms with E-state index < -0.39 is 0 Å². The number of allylic oxidation sites excluding steroid dienone is 3. The van der Waals surface area contributed by atoms with Gasteiger partial charge in [-0.05, 0) is 52.5 Å². The smallest absolute Gasteiger partial charge is 0.177 e. The van der Waals surface area contributed by atoms with E-state index in [0.717, 1.165) is 38.9 Å². The summed E-state index contributed by atoms with van der Waals surface area (Å²) >= 11 is 0. The quantitative estimate of drug-likeness (QED) is 0.680. The first-order chi connectivity index (χ1) is 8.68. The highest BCUT2D eigenvalue weighted by atomic mass is 16.7. The standard InChI is InChI=1S/C16H28O2/c1-14(2)9-8-10-15(3)13-16-17-11-6-4-5-7-12-18-16/h9,13,16H,4-8,10-12H2,1-3H3. The minimum absolute atomic E-state index is 0.130. The molecule has 0 aromatic rings. The van der Waals surface area contributed by atoms with Crippen LogP contribution in [0, 0.1) is 0 Å². The van der Waals surface area contributed by atoms with E-state index in [4.69, 9.17) is 9.47 Å². The van der Waals surface area contributed by atoms with Crippen molar-refractivity contribution < 1.29 is 9.47 Å². The molecule has 1 aliphatic rings. The Balaban J connectivity index is 2.37. The zero-order valence-corrected chi connectivity index (χ0v) is 12.2. The molecular weight excluding hydrogens is 224 g/mol. The maximum Gasteiger partial charge on any atom is 0.177 e. The van der Waals surface area contributed by atoms with Crippen molar-refractivity contribution in [1.82, 2.24) is 0 Å². The van der Waals surface area contributed by atoms with E-state index in [1.807, 2.05) is 0 Å². The monoisotopic (exact) mass is 252 g/mol. The molecule has 0 bridgehead atoms. The second kappa shape index (κ2) is 9.35. The molecule has 2 nitrogen and oxygen atoms in total. The molecule has 1 aliphatic heterocycles. The lowest BCUT2D eigenvalue weighted by atomic mass is 10.1. The van der Waals surface area contributed by atoms with Crippen molar-refractivity contribution in [2.75, 3.05) is 13.2 Å². The highest BCUT2D eigenvalue weighted by Crippen LogP contribution is 2.13. The zero-order chi connectivity index (χ0) is 13.2. The third-order valence-corrected chi connectivity index (χ3v) is 3.11. The number of ether oxygens (including phenoxy) is 2. The van der Waals surface area contributed by atoms with Crippen LogP contribution in [0.15, 0.2) is 23.3 Å². The van der Waals surface area contributed by atoms with E-state index in [2.05, 4.69) is 32.9 Å². The minimum atomic E-state index is -0.130. The van der Waals surface area contributed by atoms with Crippen molar-refractivity contribution in [3.63, 3.8) is 0 Å². The molecule has 1 rings (SSSR count). The van der Waals surface area contributed by atoms with Gasteiger partial charge in [-0.1, -0.05) is 30.1 Å². The van der Waals surface area contributed by atoms with E-state index in [9.17, 15) is 0 Å². The fourth-order valence-corrected chi connectivity index (χ4v) is 2.01. The Kier molecular flexibility index (Phi) is 8.03. The van der Waals surface area contributed by atoms with E-state index in [1.54, 1.807) is 0 Å². The summed E-state index contributed by atoms with van der Waals surface area (Å²) in [6.45, 7) is 8.09. The molecule has 1 heterocycles. The summed E-state index contributed by atoms with van der Waals surface area (Å²) in [5.74, 6) is 0. The summed E-state index contributed by atoms with van der Waals surface area (Å²) in [4.78, 5) is 0. The molecule has 0 radical (unpaired) electrons. The Hall–Kier alpha value is -0.600. The van der Waals surface area contributed by atoms with Crippen molar-refractivity contribution in [2.45, 2.75) is 65.6 Å². The lowest BCUT2D eigenvalue weighted by Gasteiger charge is -2.15. The molecule has 0 saturated carbocycles. The lowest BCUT2D eigenvalue weighted by molar-refractivity contribution is -0.109. The molecule has 0 aromatic carbocycles. The van der Waals surface area contributed by atoms with Crippen LogP contribution in [-0.4, -0.2) is 19.5 Å². The van der Waals surface area contributed by atoms with Crippen molar-refractivity contribution in [3.8, 4) is 0 Å². The summed E-state index contributed by atoms with van der Waals surface area (Å²) in [6, 6.07) is 0. The van der Waals surface area contributed by atoms with Gasteiger partial charge in [0.2, 0.25) is 0 Å².